The molecule has 1 aromatic carbocycles. The third-order valence-corrected chi connectivity index (χ3v) is 4.65. The van der Waals surface area contributed by atoms with Gasteiger partial charge < -0.3 is 10.6 Å². The number of hydrogen-bond donors (Lipinski definition) is 2. The molecule has 0 saturated heterocycles. The zero-order valence-electron chi connectivity index (χ0n) is 14.9. The summed E-state index contributed by atoms with van der Waals surface area (Å²) in [7, 11) is 1.81. The Morgan fingerprint density at radius 2 is 1.92 bits per heavy atom. The second-order valence-corrected chi connectivity index (χ2v) is 6.48. The molecule has 0 amide bonds. The van der Waals surface area contributed by atoms with Crippen molar-refractivity contribution in [1.29, 1.82) is 0 Å². The van der Waals surface area contributed by atoms with E-state index < -0.39 is 0 Å². The fourth-order valence-electron chi connectivity index (χ4n) is 3.14. The van der Waals surface area contributed by atoms with Crippen molar-refractivity contribution in [3.63, 3.8) is 0 Å². The molecule has 0 radical (unpaired) electrons. The Balaban J connectivity index is 0.00000225. The van der Waals surface area contributed by atoms with Gasteiger partial charge in [-0.1, -0.05) is 25.1 Å². The number of benzene rings is 1. The third kappa shape index (κ3) is 5.42. The molecule has 1 aliphatic carbocycles. The standard InChI is InChI=1S/C18H26N6.HI/c1-14-8-10-15(11-9-14)22-18(19-2)20-12-17-23-21-13-24(17)16-6-4-3-5-7-16;/h3-7,13-15H,8-12H2,1-2H3,(H2,19,20,22);1H. The molecule has 1 aromatic heterocycles. The molecule has 3 rings (SSSR count). The van der Waals surface area contributed by atoms with Crippen LogP contribution in [0.5, 0.6) is 0 Å². The highest BCUT2D eigenvalue weighted by molar-refractivity contribution is 14.0. The molecule has 7 heteroatoms. The number of nitrogens with zero attached hydrogens (tertiary/aromatic N) is 4. The van der Waals surface area contributed by atoms with Gasteiger partial charge in [0.05, 0.1) is 6.54 Å². The molecule has 0 atom stereocenters. The van der Waals surface area contributed by atoms with Gasteiger partial charge in [-0.25, -0.2) is 0 Å². The quantitative estimate of drug-likeness (QED) is 0.423. The number of aliphatic imine (C=N–C) groups is 1. The lowest BCUT2D eigenvalue weighted by atomic mass is 9.87. The Bertz CT molecular complexity index is 661. The lowest BCUT2D eigenvalue weighted by Crippen LogP contribution is -2.44. The maximum atomic E-state index is 4.34. The second kappa shape index (κ2) is 9.74. The van der Waals surface area contributed by atoms with Crippen LogP contribution in [0.25, 0.3) is 5.69 Å². The molecule has 136 valence electrons. The zero-order valence-corrected chi connectivity index (χ0v) is 17.2. The van der Waals surface area contributed by atoms with Gasteiger partial charge in [0.1, 0.15) is 6.33 Å². The van der Waals surface area contributed by atoms with Crippen LogP contribution in [0.2, 0.25) is 0 Å². The van der Waals surface area contributed by atoms with E-state index in [9.17, 15) is 0 Å². The minimum atomic E-state index is 0. The van der Waals surface area contributed by atoms with Crippen LogP contribution in [0.15, 0.2) is 41.7 Å². The molecular formula is C18H27IN6. The van der Waals surface area contributed by atoms with Gasteiger partial charge in [-0.05, 0) is 43.7 Å². The van der Waals surface area contributed by atoms with E-state index in [0.717, 1.165) is 23.4 Å². The van der Waals surface area contributed by atoms with Gasteiger partial charge in [0, 0.05) is 18.8 Å². The first-order chi connectivity index (χ1) is 11.8. The highest BCUT2D eigenvalue weighted by atomic mass is 127. The molecule has 1 heterocycles. The fourth-order valence-corrected chi connectivity index (χ4v) is 3.14. The van der Waals surface area contributed by atoms with Crippen LogP contribution < -0.4 is 10.6 Å². The van der Waals surface area contributed by atoms with E-state index in [1.54, 1.807) is 6.33 Å². The molecule has 0 spiro atoms. The Kier molecular flexibility index (Phi) is 7.67. The van der Waals surface area contributed by atoms with Gasteiger partial charge in [-0.15, -0.1) is 34.2 Å². The SMILES string of the molecule is CN=C(NCc1nncn1-c1ccccc1)NC1CCC(C)CC1.I. The number of rotatable bonds is 4. The van der Waals surface area contributed by atoms with Crippen molar-refractivity contribution in [3.8, 4) is 5.69 Å². The molecule has 1 saturated carbocycles. The van der Waals surface area contributed by atoms with Crippen LogP contribution in [0.4, 0.5) is 0 Å². The van der Waals surface area contributed by atoms with E-state index in [-0.39, 0.29) is 24.0 Å². The van der Waals surface area contributed by atoms with Crippen LogP contribution in [0, 0.1) is 5.92 Å². The van der Waals surface area contributed by atoms with E-state index in [1.807, 2.05) is 41.9 Å². The molecule has 0 aliphatic heterocycles. The lowest BCUT2D eigenvalue weighted by Gasteiger charge is -2.28. The van der Waals surface area contributed by atoms with Crippen LogP contribution in [-0.4, -0.2) is 33.8 Å². The largest absolute Gasteiger partial charge is 0.354 e. The molecule has 25 heavy (non-hydrogen) atoms. The number of halogens is 1. The predicted octanol–water partition coefficient (Wildman–Crippen LogP) is 3.13. The van der Waals surface area contributed by atoms with Crippen LogP contribution in [0.1, 0.15) is 38.4 Å². The van der Waals surface area contributed by atoms with E-state index in [2.05, 4.69) is 32.7 Å². The smallest absolute Gasteiger partial charge is 0.191 e. The first-order valence-corrected chi connectivity index (χ1v) is 8.67. The average molecular weight is 454 g/mol. The summed E-state index contributed by atoms with van der Waals surface area (Å²) >= 11 is 0. The maximum absolute atomic E-state index is 4.34. The molecule has 6 nitrogen and oxygen atoms in total. The average Bonchev–Trinajstić information content (AvgIpc) is 3.09. The highest BCUT2D eigenvalue weighted by Gasteiger charge is 2.19. The van der Waals surface area contributed by atoms with Crippen molar-refractivity contribution in [2.75, 3.05) is 7.05 Å². The Hall–Kier alpha value is -1.64. The zero-order chi connectivity index (χ0) is 16.8. The topological polar surface area (TPSA) is 67.1 Å². The number of hydrogen-bond acceptors (Lipinski definition) is 3. The summed E-state index contributed by atoms with van der Waals surface area (Å²) in [6.45, 7) is 2.91. The summed E-state index contributed by atoms with van der Waals surface area (Å²) in [5, 5.41) is 15.1. The van der Waals surface area contributed by atoms with E-state index in [1.165, 1.54) is 25.7 Å². The van der Waals surface area contributed by atoms with Gasteiger partial charge in [0.25, 0.3) is 0 Å². The summed E-state index contributed by atoms with van der Waals surface area (Å²) < 4.78 is 1.99. The van der Waals surface area contributed by atoms with Crippen molar-refractivity contribution in [2.45, 2.75) is 45.2 Å². The molecule has 2 aromatic rings. The Morgan fingerprint density at radius 3 is 2.60 bits per heavy atom. The van der Waals surface area contributed by atoms with Gasteiger partial charge >= 0.3 is 0 Å². The number of para-hydroxylation sites is 1. The van der Waals surface area contributed by atoms with Crippen LogP contribution >= 0.6 is 24.0 Å². The second-order valence-electron chi connectivity index (χ2n) is 6.48. The van der Waals surface area contributed by atoms with Crippen molar-refractivity contribution >= 4 is 29.9 Å². The van der Waals surface area contributed by atoms with E-state index in [4.69, 9.17) is 0 Å². The van der Waals surface area contributed by atoms with Crippen molar-refractivity contribution < 1.29 is 0 Å². The maximum Gasteiger partial charge on any atom is 0.191 e. The molecule has 1 fully saturated rings. The number of aromatic nitrogens is 3. The van der Waals surface area contributed by atoms with Gasteiger partial charge in [0.15, 0.2) is 11.8 Å². The highest BCUT2D eigenvalue weighted by Crippen LogP contribution is 2.23. The van der Waals surface area contributed by atoms with Gasteiger partial charge in [0.2, 0.25) is 0 Å². The van der Waals surface area contributed by atoms with Gasteiger partial charge in [-0.2, -0.15) is 0 Å². The monoisotopic (exact) mass is 454 g/mol. The fraction of sp³-hybridized carbons (Fsp3) is 0.500. The summed E-state index contributed by atoms with van der Waals surface area (Å²) in [5.41, 5.74) is 1.06. The molecule has 1 aliphatic rings. The van der Waals surface area contributed by atoms with Gasteiger partial charge in [-0.3, -0.25) is 9.56 Å². The first kappa shape index (κ1) is 19.7. The third-order valence-electron chi connectivity index (χ3n) is 4.65. The minimum absolute atomic E-state index is 0. The molecule has 0 bridgehead atoms. The summed E-state index contributed by atoms with van der Waals surface area (Å²) in [6, 6.07) is 10.6. The Morgan fingerprint density at radius 1 is 1.20 bits per heavy atom. The van der Waals surface area contributed by atoms with Crippen LogP contribution in [-0.2, 0) is 6.54 Å². The Labute approximate surface area is 166 Å². The van der Waals surface area contributed by atoms with Crippen LogP contribution in [0.3, 0.4) is 0 Å². The van der Waals surface area contributed by atoms with E-state index in [0.29, 0.717) is 12.6 Å². The molecule has 2 N–H and O–H groups in total. The normalized spacial score (nSPS) is 20.6. The number of nitrogens with one attached hydrogen (secondary N) is 2. The first-order valence-electron chi connectivity index (χ1n) is 8.67. The number of guanidine groups is 1. The minimum Gasteiger partial charge on any atom is -0.354 e. The lowest BCUT2D eigenvalue weighted by molar-refractivity contribution is 0.329. The van der Waals surface area contributed by atoms with Crippen molar-refractivity contribution in [3.05, 3.63) is 42.5 Å². The molecular weight excluding hydrogens is 427 g/mol. The summed E-state index contributed by atoms with van der Waals surface area (Å²) in [5.74, 6) is 2.54. The van der Waals surface area contributed by atoms with Crippen molar-refractivity contribution in [2.24, 2.45) is 10.9 Å². The van der Waals surface area contributed by atoms with E-state index >= 15 is 0 Å². The van der Waals surface area contributed by atoms with Crippen molar-refractivity contribution in [1.82, 2.24) is 25.4 Å². The summed E-state index contributed by atoms with van der Waals surface area (Å²) in [6.07, 6.45) is 6.74. The predicted molar refractivity (Wildman–Crippen MR) is 112 cm³/mol. The molecule has 0 unspecified atom stereocenters. The summed E-state index contributed by atoms with van der Waals surface area (Å²) in [4.78, 5) is 4.34.